The van der Waals surface area contributed by atoms with E-state index in [1.54, 1.807) is 6.07 Å². The minimum Gasteiger partial charge on any atom is -0.434 e. The van der Waals surface area contributed by atoms with E-state index in [1.807, 2.05) is 0 Å². The molecule has 0 aliphatic carbocycles. The molecule has 0 aliphatic heterocycles. The molecule has 1 unspecified atom stereocenters. The van der Waals surface area contributed by atoms with Gasteiger partial charge in [-0.2, -0.15) is 8.78 Å². The zero-order valence-electron chi connectivity index (χ0n) is 10.8. The fourth-order valence-electron chi connectivity index (χ4n) is 1.99. The molecule has 0 aliphatic rings. The Bertz CT molecular complexity index is 599. The second kappa shape index (κ2) is 6.83. The predicted molar refractivity (Wildman–Crippen MR) is 73.1 cm³/mol. The van der Waals surface area contributed by atoms with Gasteiger partial charge in [0.15, 0.2) is 0 Å². The van der Waals surface area contributed by atoms with Crippen molar-refractivity contribution >= 4 is 11.6 Å². The van der Waals surface area contributed by atoms with E-state index >= 15 is 0 Å². The van der Waals surface area contributed by atoms with Crippen molar-refractivity contribution in [2.45, 2.75) is 19.1 Å². The number of aliphatic hydroxyl groups excluding tert-OH is 1. The largest absolute Gasteiger partial charge is 0.434 e. The number of alkyl halides is 2. The van der Waals surface area contributed by atoms with Crippen LogP contribution in [0.15, 0.2) is 42.5 Å². The Morgan fingerprint density at radius 3 is 2.48 bits per heavy atom. The summed E-state index contributed by atoms with van der Waals surface area (Å²) in [5, 5.41) is 10.3. The first-order chi connectivity index (χ1) is 9.99. The summed E-state index contributed by atoms with van der Waals surface area (Å²) in [6, 6.07) is 9.99. The lowest BCUT2D eigenvalue weighted by atomic mass is 10.00. The van der Waals surface area contributed by atoms with Crippen molar-refractivity contribution in [1.29, 1.82) is 0 Å². The highest BCUT2D eigenvalue weighted by molar-refractivity contribution is 6.31. The van der Waals surface area contributed by atoms with Crippen molar-refractivity contribution in [1.82, 2.24) is 0 Å². The van der Waals surface area contributed by atoms with Gasteiger partial charge in [-0.3, -0.25) is 0 Å². The van der Waals surface area contributed by atoms with E-state index in [2.05, 4.69) is 4.74 Å². The number of hydrogen-bond donors (Lipinski definition) is 1. The Morgan fingerprint density at radius 1 is 1.10 bits per heavy atom. The van der Waals surface area contributed by atoms with Gasteiger partial charge < -0.3 is 9.84 Å². The second-order valence-electron chi connectivity index (χ2n) is 4.34. The third-order valence-electron chi connectivity index (χ3n) is 2.95. The van der Waals surface area contributed by atoms with Gasteiger partial charge >= 0.3 is 6.61 Å². The normalized spacial score (nSPS) is 12.5. The molecule has 0 heterocycles. The zero-order chi connectivity index (χ0) is 15.4. The van der Waals surface area contributed by atoms with E-state index in [9.17, 15) is 18.3 Å². The quantitative estimate of drug-likeness (QED) is 0.888. The molecule has 2 nitrogen and oxygen atoms in total. The molecule has 0 bridgehead atoms. The summed E-state index contributed by atoms with van der Waals surface area (Å²) in [5.41, 5.74) is 0.274. The Morgan fingerprint density at radius 2 is 1.81 bits per heavy atom. The van der Waals surface area contributed by atoms with E-state index in [-0.39, 0.29) is 28.3 Å². The molecule has 0 amide bonds. The molecule has 112 valence electrons. The van der Waals surface area contributed by atoms with Crippen molar-refractivity contribution in [3.8, 4) is 5.75 Å². The van der Waals surface area contributed by atoms with Crippen LogP contribution in [-0.2, 0) is 6.42 Å². The van der Waals surface area contributed by atoms with Gasteiger partial charge in [-0.15, -0.1) is 0 Å². The fourth-order valence-corrected chi connectivity index (χ4v) is 2.23. The highest BCUT2D eigenvalue weighted by Gasteiger charge is 2.19. The summed E-state index contributed by atoms with van der Waals surface area (Å²) in [7, 11) is 0. The Balaban J connectivity index is 2.26. The van der Waals surface area contributed by atoms with Gasteiger partial charge in [0.25, 0.3) is 0 Å². The van der Waals surface area contributed by atoms with Crippen molar-refractivity contribution in [3.63, 3.8) is 0 Å². The molecule has 2 aromatic carbocycles. The maximum atomic E-state index is 13.7. The van der Waals surface area contributed by atoms with Crippen LogP contribution in [0.4, 0.5) is 13.2 Å². The van der Waals surface area contributed by atoms with Crippen molar-refractivity contribution in [2.75, 3.05) is 0 Å². The molecule has 6 heteroatoms. The van der Waals surface area contributed by atoms with Gasteiger partial charge in [-0.25, -0.2) is 4.39 Å². The number of benzene rings is 2. The molecule has 0 spiro atoms. The van der Waals surface area contributed by atoms with Gasteiger partial charge in [-0.1, -0.05) is 35.9 Å². The van der Waals surface area contributed by atoms with E-state index in [0.29, 0.717) is 0 Å². The third-order valence-corrected chi connectivity index (χ3v) is 3.31. The smallest absolute Gasteiger partial charge is 0.387 e. The Labute approximate surface area is 124 Å². The third kappa shape index (κ3) is 3.89. The first kappa shape index (κ1) is 15.7. The molecule has 0 aromatic heterocycles. The van der Waals surface area contributed by atoms with Crippen LogP contribution in [0.1, 0.15) is 17.2 Å². The Kier molecular flexibility index (Phi) is 5.09. The van der Waals surface area contributed by atoms with Crippen LogP contribution in [0, 0.1) is 5.82 Å². The van der Waals surface area contributed by atoms with Gasteiger partial charge in [0.05, 0.1) is 6.10 Å². The molecule has 21 heavy (non-hydrogen) atoms. The van der Waals surface area contributed by atoms with E-state index in [4.69, 9.17) is 11.6 Å². The van der Waals surface area contributed by atoms with E-state index in [0.717, 1.165) is 0 Å². The molecule has 1 N–H and O–H groups in total. The first-order valence-corrected chi connectivity index (χ1v) is 6.51. The molecule has 2 rings (SSSR count). The minimum absolute atomic E-state index is 0.124. The van der Waals surface area contributed by atoms with E-state index in [1.165, 1.54) is 36.4 Å². The van der Waals surface area contributed by atoms with Crippen LogP contribution in [-0.4, -0.2) is 11.7 Å². The molecular formula is C15H12ClF3O2. The summed E-state index contributed by atoms with van der Waals surface area (Å²) in [6.07, 6.45) is -1.36. The lowest BCUT2D eigenvalue weighted by molar-refractivity contribution is -0.0515. The van der Waals surface area contributed by atoms with Crippen LogP contribution in [0.3, 0.4) is 0 Å². The summed E-state index contributed by atoms with van der Waals surface area (Å²) in [4.78, 5) is 0. The molecule has 1 atom stereocenters. The monoisotopic (exact) mass is 316 g/mol. The second-order valence-corrected chi connectivity index (χ2v) is 4.74. The standard InChI is InChI=1S/C15H12ClF3O2/c16-11-5-3-6-12(17)10(11)8-13(20)9-4-1-2-7-14(9)21-15(18)19/h1-7,13,15,20H,8H2. The van der Waals surface area contributed by atoms with Crippen LogP contribution < -0.4 is 4.74 Å². The molecule has 0 saturated carbocycles. The molecular weight excluding hydrogens is 305 g/mol. The van der Waals surface area contributed by atoms with Crippen LogP contribution in [0.2, 0.25) is 5.02 Å². The number of rotatable bonds is 5. The van der Waals surface area contributed by atoms with Gasteiger partial charge in [-0.05, 0) is 18.2 Å². The van der Waals surface area contributed by atoms with Crippen LogP contribution >= 0.6 is 11.6 Å². The van der Waals surface area contributed by atoms with Crippen LogP contribution in [0.25, 0.3) is 0 Å². The maximum Gasteiger partial charge on any atom is 0.387 e. The van der Waals surface area contributed by atoms with Gasteiger partial charge in [0.2, 0.25) is 0 Å². The summed E-state index contributed by atoms with van der Waals surface area (Å²) in [6.45, 7) is -3.00. The molecule has 0 saturated heterocycles. The SMILES string of the molecule is OC(Cc1c(F)cccc1Cl)c1ccccc1OC(F)F. The number of para-hydroxylation sites is 1. The summed E-state index contributed by atoms with van der Waals surface area (Å²) >= 11 is 5.88. The van der Waals surface area contributed by atoms with Crippen molar-refractivity contribution < 1.29 is 23.0 Å². The zero-order valence-corrected chi connectivity index (χ0v) is 11.5. The van der Waals surface area contributed by atoms with Gasteiger partial charge in [0, 0.05) is 22.6 Å². The number of ether oxygens (including phenoxy) is 1. The fraction of sp³-hybridized carbons (Fsp3) is 0.200. The lowest BCUT2D eigenvalue weighted by Crippen LogP contribution is -2.09. The Hall–Kier alpha value is -1.72. The van der Waals surface area contributed by atoms with E-state index < -0.39 is 18.5 Å². The highest BCUT2D eigenvalue weighted by Crippen LogP contribution is 2.31. The number of hydrogen-bond acceptors (Lipinski definition) is 2. The van der Waals surface area contributed by atoms with Crippen LogP contribution in [0.5, 0.6) is 5.75 Å². The predicted octanol–water partition coefficient (Wildman–Crippen LogP) is 4.36. The molecule has 0 fully saturated rings. The van der Waals surface area contributed by atoms with Crippen molar-refractivity contribution in [2.24, 2.45) is 0 Å². The topological polar surface area (TPSA) is 29.5 Å². The molecule has 2 aromatic rings. The first-order valence-electron chi connectivity index (χ1n) is 6.13. The minimum atomic E-state index is -3.00. The van der Waals surface area contributed by atoms with Gasteiger partial charge in [0.1, 0.15) is 11.6 Å². The lowest BCUT2D eigenvalue weighted by Gasteiger charge is -2.16. The van der Waals surface area contributed by atoms with Crippen molar-refractivity contribution in [3.05, 3.63) is 64.4 Å². The highest BCUT2D eigenvalue weighted by atomic mass is 35.5. The summed E-state index contributed by atoms with van der Waals surface area (Å²) in [5.74, 6) is -0.707. The molecule has 0 radical (unpaired) electrons. The number of halogens is 4. The summed E-state index contributed by atoms with van der Waals surface area (Å²) < 4.78 is 42.7. The number of aliphatic hydroxyl groups is 1. The average molecular weight is 317 g/mol. The average Bonchev–Trinajstić information content (AvgIpc) is 2.43. The maximum absolute atomic E-state index is 13.7.